The Morgan fingerprint density at radius 3 is 0.641 bits per heavy atom. The van der Waals surface area contributed by atoms with Crippen LogP contribution in [0.3, 0.4) is 0 Å². The van der Waals surface area contributed by atoms with Gasteiger partial charge in [-0.1, -0.05) is 121 Å². The van der Waals surface area contributed by atoms with Crippen molar-refractivity contribution in [3.63, 3.8) is 0 Å². The summed E-state index contributed by atoms with van der Waals surface area (Å²) in [6.07, 6.45) is 7.31. The molecule has 64 heavy (non-hydrogen) atoms. The molecule has 0 aliphatic rings. The maximum atomic E-state index is 4.34. The van der Waals surface area contributed by atoms with Crippen LogP contribution in [0, 0.1) is 0 Å². The first-order valence-corrected chi connectivity index (χ1v) is 20.0. The minimum atomic E-state index is 0. The van der Waals surface area contributed by atoms with Crippen molar-refractivity contribution in [3.05, 3.63) is 243 Å². The van der Waals surface area contributed by atoms with Gasteiger partial charge in [0.25, 0.3) is 0 Å². The second-order valence-corrected chi connectivity index (χ2v) is 14.4. The summed E-state index contributed by atoms with van der Waals surface area (Å²) in [5.74, 6) is 0. The van der Waals surface area contributed by atoms with Crippen molar-refractivity contribution in [1.82, 2.24) is 19.9 Å². The number of rotatable bonds is 4. The maximum absolute atomic E-state index is 4.34. The van der Waals surface area contributed by atoms with Gasteiger partial charge in [-0.3, -0.25) is 19.9 Å². The second-order valence-electron chi connectivity index (χ2n) is 14.4. The normalized spacial score (nSPS) is 10.0. The molecule has 0 atom stereocenters. The van der Waals surface area contributed by atoms with Crippen LogP contribution >= 0.6 is 0 Å². The van der Waals surface area contributed by atoms with E-state index in [0.717, 1.165) is 22.8 Å². The Morgan fingerprint density at radius 1 is 0.250 bits per heavy atom. The van der Waals surface area contributed by atoms with Crippen molar-refractivity contribution in [1.29, 1.82) is 0 Å². The first-order valence-electron chi connectivity index (χ1n) is 20.0. The summed E-state index contributed by atoms with van der Waals surface area (Å²) >= 11 is 0. The molecule has 0 unspecified atom stereocenters. The Hall–Kier alpha value is -6.07. The topological polar surface area (TPSA) is 51.6 Å². The molecule has 0 amide bonds. The second kappa shape index (κ2) is 24.1. The summed E-state index contributed by atoms with van der Waals surface area (Å²) in [5.41, 5.74) is 8.91. The number of nitrogens with zero attached hydrogens (tertiary/aromatic N) is 4. The monoisotopic (exact) mass is 934 g/mol. The smallest absolute Gasteiger partial charge is 1.00 e. The molecule has 0 fully saturated rings. The van der Waals surface area contributed by atoms with E-state index in [4.69, 9.17) is 0 Å². The summed E-state index contributed by atoms with van der Waals surface area (Å²) in [6.45, 7) is 0. The minimum absolute atomic E-state index is 0. The fourth-order valence-corrected chi connectivity index (χ4v) is 7.33. The molecule has 0 saturated carbocycles. The Bertz CT molecular complexity index is 2650. The molecule has 4 heterocycles. The first kappa shape index (κ1) is 49.0. The molecule has 0 saturated heterocycles. The third kappa shape index (κ3) is 12.1. The van der Waals surface area contributed by atoms with Gasteiger partial charge in [0.1, 0.15) is 0 Å². The number of benzene rings is 4. The maximum Gasteiger partial charge on any atom is 2.00 e. The fourth-order valence-electron chi connectivity index (χ4n) is 7.33. The van der Waals surface area contributed by atoms with Crippen molar-refractivity contribution in [2.24, 2.45) is 0 Å². The molecule has 12 rings (SSSR count). The zero-order valence-electron chi connectivity index (χ0n) is 34.6. The summed E-state index contributed by atoms with van der Waals surface area (Å²) in [6, 6.07) is 74.9. The summed E-state index contributed by atoms with van der Waals surface area (Å²) in [7, 11) is 0. The number of hydrogen-bond donors (Lipinski definition) is 0. The molecule has 8 aromatic carbocycles. The predicted octanol–water partition coefficient (Wildman–Crippen LogP) is 8.49. The Kier molecular flexibility index (Phi) is 18.4. The Morgan fingerprint density at radius 2 is 0.453 bits per heavy atom. The van der Waals surface area contributed by atoms with Crippen molar-refractivity contribution in [2.75, 3.05) is 0 Å². The summed E-state index contributed by atoms with van der Waals surface area (Å²) < 4.78 is 0. The standard InChI is InChI=1S/4C14H10N.2ClH.2Ti/c4*1-2-6-12-10-13(9-11(12)5-1)14-7-3-4-8-15-14;;;;/h4*1-10H;2*1H;;/q4*-1;;;2*+2/p-2. The molecule has 0 bridgehead atoms. The van der Waals surface area contributed by atoms with E-state index < -0.39 is 0 Å². The third-order valence-electron chi connectivity index (χ3n) is 10.3. The molecular weight excluding hydrogens is 895 g/mol. The number of fused-ring (bicyclic) bond motifs is 4. The number of halogens is 2. The Balaban J connectivity index is 0.000000157. The van der Waals surface area contributed by atoms with Gasteiger partial charge in [-0.25, -0.2) is 0 Å². The van der Waals surface area contributed by atoms with Crippen LogP contribution in [-0.2, 0) is 43.4 Å². The third-order valence-corrected chi connectivity index (χ3v) is 10.3. The van der Waals surface area contributed by atoms with Gasteiger partial charge in [0.15, 0.2) is 0 Å². The van der Waals surface area contributed by atoms with Gasteiger partial charge < -0.3 is 24.8 Å². The van der Waals surface area contributed by atoms with E-state index >= 15 is 0 Å². The molecule has 4 aromatic heterocycles. The SMILES string of the molecule is [Cl-].[Cl-].[Ti+2].[Ti+2].c1ccc(-c2cc3ccccc3[cH-]2)nc1.c1ccc(-c2cc3ccccc3[cH-]2)nc1.c1ccc(-c2cc3ccccc3[cH-]2)nc1.c1ccc(-c2cc3ccccc3[cH-]2)nc1. The molecule has 8 heteroatoms. The summed E-state index contributed by atoms with van der Waals surface area (Å²) in [4.78, 5) is 17.4. The van der Waals surface area contributed by atoms with Gasteiger partial charge in [-0.2, -0.15) is 0 Å². The molecular formula is C56H40Cl2N4Ti2-2. The van der Waals surface area contributed by atoms with Crippen LogP contribution < -0.4 is 24.8 Å². The number of hydrogen-bond acceptors (Lipinski definition) is 4. The Labute approximate surface area is 416 Å². The van der Waals surface area contributed by atoms with Gasteiger partial charge >= 0.3 is 43.4 Å². The molecule has 12 aromatic rings. The van der Waals surface area contributed by atoms with Crippen LogP contribution in [0.15, 0.2) is 243 Å². The van der Waals surface area contributed by atoms with E-state index in [9.17, 15) is 0 Å². The van der Waals surface area contributed by atoms with Crippen LogP contribution in [0.4, 0.5) is 0 Å². The van der Waals surface area contributed by atoms with Gasteiger partial charge in [0, 0.05) is 47.6 Å². The van der Waals surface area contributed by atoms with Crippen molar-refractivity contribution >= 4 is 43.1 Å². The van der Waals surface area contributed by atoms with E-state index in [1.807, 2.05) is 97.6 Å². The average Bonchev–Trinajstić information content (AvgIpc) is 4.15. The van der Waals surface area contributed by atoms with Crippen LogP contribution in [-0.4, -0.2) is 19.9 Å². The molecule has 0 N–H and O–H groups in total. The van der Waals surface area contributed by atoms with E-state index in [2.05, 4.69) is 166 Å². The molecule has 0 aliphatic heterocycles. The quantitative estimate of drug-likeness (QED) is 0.131. The van der Waals surface area contributed by atoms with Gasteiger partial charge in [0.05, 0.1) is 0 Å². The van der Waals surface area contributed by atoms with Gasteiger partial charge in [-0.05, 0) is 24.3 Å². The average molecular weight is 936 g/mol. The van der Waals surface area contributed by atoms with Crippen LogP contribution in [0.2, 0.25) is 0 Å². The molecule has 0 radical (unpaired) electrons. The van der Waals surface area contributed by atoms with Crippen LogP contribution in [0.25, 0.3) is 88.1 Å². The van der Waals surface area contributed by atoms with E-state index in [0.29, 0.717) is 0 Å². The van der Waals surface area contributed by atoms with Crippen LogP contribution in [0.1, 0.15) is 0 Å². The van der Waals surface area contributed by atoms with Gasteiger partial charge in [0.2, 0.25) is 0 Å². The van der Waals surface area contributed by atoms with Crippen molar-refractivity contribution in [3.8, 4) is 45.0 Å². The van der Waals surface area contributed by atoms with Crippen LogP contribution in [0.5, 0.6) is 0 Å². The van der Waals surface area contributed by atoms with E-state index in [1.54, 1.807) is 0 Å². The zero-order valence-corrected chi connectivity index (χ0v) is 39.3. The minimum Gasteiger partial charge on any atom is -1.00 e. The predicted molar refractivity (Wildman–Crippen MR) is 251 cm³/mol. The van der Waals surface area contributed by atoms with Crippen molar-refractivity contribution in [2.45, 2.75) is 0 Å². The molecule has 0 aliphatic carbocycles. The molecule has 0 spiro atoms. The molecule has 4 nitrogen and oxygen atoms in total. The fraction of sp³-hybridized carbons (Fsp3) is 0. The summed E-state index contributed by atoms with van der Waals surface area (Å²) in [5, 5.41) is 10.2. The van der Waals surface area contributed by atoms with E-state index in [1.165, 1.54) is 65.3 Å². The zero-order chi connectivity index (χ0) is 40.4. The van der Waals surface area contributed by atoms with Gasteiger partial charge in [-0.15, -0.1) is 138 Å². The molecule has 308 valence electrons. The number of aromatic nitrogens is 4. The number of pyridine rings is 4. The largest absolute Gasteiger partial charge is 2.00 e. The van der Waals surface area contributed by atoms with E-state index in [-0.39, 0.29) is 68.2 Å². The first-order chi connectivity index (χ1) is 29.7. The van der Waals surface area contributed by atoms with Crippen molar-refractivity contribution < 1.29 is 68.2 Å².